The second-order valence-electron chi connectivity index (χ2n) is 3.84. The molecule has 0 amide bonds. The third-order valence-corrected chi connectivity index (χ3v) is 2.92. The highest BCUT2D eigenvalue weighted by Gasteiger charge is 2.44. The molecule has 0 aromatic heterocycles. The maximum absolute atomic E-state index is 14.8. The first-order chi connectivity index (χ1) is 8.22. The van der Waals surface area contributed by atoms with E-state index in [1.54, 1.807) is 18.2 Å². The molecule has 1 aromatic carbocycles. The van der Waals surface area contributed by atoms with Gasteiger partial charge in [-0.15, -0.1) is 0 Å². The lowest BCUT2D eigenvalue weighted by atomic mass is 9.90. The van der Waals surface area contributed by atoms with Gasteiger partial charge in [0.05, 0.1) is 0 Å². The molecule has 2 nitrogen and oxygen atoms in total. The van der Waals surface area contributed by atoms with E-state index in [9.17, 15) is 4.39 Å². The molecule has 0 spiro atoms. The molecule has 0 heterocycles. The first-order valence-electron chi connectivity index (χ1n) is 5.43. The topological polar surface area (TPSA) is 18.5 Å². The monoisotopic (exact) mass is 234 g/mol. The Kier molecular flexibility index (Phi) is 3.41. The Labute approximate surface area is 100 Å². The molecule has 1 aliphatic carbocycles. The van der Waals surface area contributed by atoms with Crippen molar-refractivity contribution >= 4 is 5.57 Å². The molecule has 2 atom stereocenters. The van der Waals surface area contributed by atoms with Crippen molar-refractivity contribution in [3.8, 4) is 0 Å². The summed E-state index contributed by atoms with van der Waals surface area (Å²) in [7, 11) is 2.82. The fraction of sp³-hybridized carbons (Fsp3) is 0.286. The Morgan fingerprint density at radius 3 is 2.47 bits per heavy atom. The minimum Gasteiger partial charge on any atom is -0.371 e. The molecular weight excluding hydrogens is 219 g/mol. The Bertz CT molecular complexity index is 439. The lowest BCUT2D eigenvalue weighted by Gasteiger charge is -2.34. The summed E-state index contributed by atoms with van der Waals surface area (Å²) in [6.07, 6.45) is 4.42. The Balaban J connectivity index is 2.45. The zero-order chi connectivity index (χ0) is 12.3. The van der Waals surface area contributed by atoms with Crippen LogP contribution < -0.4 is 0 Å². The number of rotatable bonds is 3. The summed E-state index contributed by atoms with van der Waals surface area (Å²) in [5, 5.41) is 0. The standard InChI is InChI=1S/C14H15FO2/c1-16-13-10-6-9-12(14(13,15)17-2)11-7-4-3-5-8-11/h3-10,13H,1-2H3. The highest BCUT2D eigenvalue weighted by atomic mass is 19.2. The number of allylic oxidation sites excluding steroid dienone is 2. The summed E-state index contributed by atoms with van der Waals surface area (Å²) in [5.41, 5.74) is 1.28. The van der Waals surface area contributed by atoms with Crippen molar-refractivity contribution in [3.63, 3.8) is 0 Å². The zero-order valence-corrected chi connectivity index (χ0v) is 9.89. The van der Waals surface area contributed by atoms with Crippen LogP contribution in [-0.4, -0.2) is 26.2 Å². The van der Waals surface area contributed by atoms with E-state index in [4.69, 9.17) is 9.47 Å². The lowest BCUT2D eigenvalue weighted by molar-refractivity contribution is -0.142. The fourth-order valence-corrected chi connectivity index (χ4v) is 2.01. The van der Waals surface area contributed by atoms with Crippen LogP contribution in [0.15, 0.2) is 48.6 Å². The molecule has 17 heavy (non-hydrogen) atoms. The maximum atomic E-state index is 14.8. The minimum absolute atomic E-state index is 0.481. The molecular formula is C14H15FO2. The largest absolute Gasteiger partial charge is 0.371 e. The molecule has 3 heteroatoms. The van der Waals surface area contributed by atoms with Crippen LogP contribution in [0.1, 0.15) is 5.56 Å². The molecule has 1 aromatic rings. The van der Waals surface area contributed by atoms with Crippen LogP contribution in [0.5, 0.6) is 0 Å². The van der Waals surface area contributed by atoms with Crippen LogP contribution in [-0.2, 0) is 9.47 Å². The molecule has 2 rings (SSSR count). The van der Waals surface area contributed by atoms with Gasteiger partial charge in [-0.2, -0.15) is 0 Å². The van der Waals surface area contributed by atoms with Crippen molar-refractivity contribution < 1.29 is 13.9 Å². The van der Waals surface area contributed by atoms with Gasteiger partial charge >= 0.3 is 0 Å². The van der Waals surface area contributed by atoms with E-state index in [-0.39, 0.29) is 0 Å². The van der Waals surface area contributed by atoms with Crippen LogP contribution in [0.25, 0.3) is 5.57 Å². The van der Waals surface area contributed by atoms with E-state index in [0.717, 1.165) is 5.56 Å². The van der Waals surface area contributed by atoms with Gasteiger partial charge in [0.1, 0.15) is 6.10 Å². The van der Waals surface area contributed by atoms with E-state index < -0.39 is 12.0 Å². The van der Waals surface area contributed by atoms with Gasteiger partial charge in [0, 0.05) is 19.8 Å². The molecule has 0 saturated carbocycles. The van der Waals surface area contributed by atoms with E-state index in [1.165, 1.54) is 14.2 Å². The first kappa shape index (κ1) is 12.0. The van der Waals surface area contributed by atoms with Crippen molar-refractivity contribution in [2.24, 2.45) is 0 Å². The third kappa shape index (κ3) is 2.04. The Morgan fingerprint density at radius 1 is 1.18 bits per heavy atom. The second-order valence-corrected chi connectivity index (χ2v) is 3.84. The highest BCUT2D eigenvalue weighted by Crippen LogP contribution is 2.38. The molecule has 0 saturated heterocycles. The van der Waals surface area contributed by atoms with Gasteiger partial charge in [-0.3, -0.25) is 0 Å². The number of hydrogen-bond donors (Lipinski definition) is 0. The van der Waals surface area contributed by atoms with Crippen LogP contribution in [0.4, 0.5) is 4.39 Å². The van der Waals surface area contributed by atoms with Crippen molar-refractivity contribution in [2.75, 3.05) is 14.2 Å². The summed E-state index contributed by atoms with van der Waals surface area (Å²) >= 11 is 0. The fourth-order valence-electron chi connectivity index (χ4n) is 2.01. The van der Waals surface area contributed by atoms with Gasteiger partial charge in [-0.25, -0.2) is 4.39 Å². The number of methoxy groups -OCH3 is 2. The predicted molar refractivity (Wildman–Crippen MR) is 65.2 cm³/mol. The molecule has 1 aliphatic rings. The SMILES string of the molecule is COC1C=CC=C(c2ccccc2)C1(F)OC. The number of benzene rings is 1. The van der Waals surface area contributed by atoms with Gasteiger partial charge in [-0.05, 0) is 11.6 Å². The third-order valence-electron chi connectivity index (χ3n) is 2.92. The second kappa shape index (κ2) is 4.82. The maximum Gasteiger partial charge on any atom is 0.265 e. The molecule has 0 N–H and O–H groups in total. The number of halogens is 1. The number of alkyl halides is 1. The summed E-state index contributed by atoms with van der Waals surface area (Å²) < 4.78 is 25.0. The quantitative estimate of drug-likeness (QED) is 0.800. The van der Waals surface area contributed by atoms with Crippen molar-refractivity contribution in [1.82, 2.24) is 0 Å². The Morgan fingerprint density at radius 2 is 1.88 bits per heavy atom. The summed E-state index contributed by atoms with van der Waals surface area (Å²) in [6, 6.07) is 9.33. The van der Waals surface area contributed by atoms with Crippen molar-refractivity contribution in [3.05, 3.63) is 54.1 Å². The van der Waals surface area contributed by atoms with Gasteiger partial charge in [-0.1, -0.05) is 42.5 Å². The summed E-state index contributed by atoms with van der Waals surface area (Å²) in [5.74, 6) is -1.94. The Hall–Kier alpha value is -1.45. The zero-order valence-electron chi connectivity index (χ0n) is 9.89. The average molecular weight is 234 g/mol. The van der Waals surface area contributed by atoms with E-state index in [0.29, 0.717) is 5.57 Å². The molecule has 2 unspecified atom stereocenters. The van der Waals surface area contributed by atoms with Crippen molar-refractivity contribution in [1.29, 1.82) is 0 Å². The minimum atomic E-state index is -1.94. The van der Waals surface area contributed by atoms with Crippen LogP contribution >= 0.6 is 0 Å². The molecule has 0 bridgehead atoms. The first-order valence-corrected chi connectivity index (χ1v) is 5.43. The van der Waals surface area contributed by atoms with Crippen LogP contribution in [0.3, 0.4) is 0 Å². The van der Waals surface area contributed by atoms with E-state index in [2.05, 4.69) is 0 Å². The van der Waals surface area contributed by atoms with E-state index in [1.807, 2.05) is 30.3 Å². The van der Waals surface area contributed by atoms with Crippen molar-refractivity contribution in [2.45, 2.75) is 12.0 Å². The van der Waals surface area contributed by atoms with Gasteiger partial charge < -0.3 is 9.47 Å². The normalized spacial score (nSPS) is 27.9. The molecule has 0 radical (unpaired) electrons. The molecule has 0 fully saturated rings. The van der Waals surface area contributed by atoms with E-state index >= 15 is 0 Å². The van der Waals surface area contributed by atoms with Gasteiger partial charge in [0.25, 0.3) is 5.85 Å². The van der Waals surface area contributed by atoms with Crippen LogP contribution in [0, 0.1) is 0 Å². The van der Waals surface area contributed by atoms with Gasteiger partial charge in [0.15, 0.2) is 0 Å². The summed E-state index contributed by atoms with van der Waals surface area (Å²) in [4.78, 5) is 0. The summed E-state index contributed by atoms with van der Waals surface area (Å²) in [6.45, 7) is 0. The van der Waals surface area contributed by atoms with Crippen LogP contribution in [0.2, 0.25) is 0 Å². The average Bonchev–Trinajstić information content (AvgIpc) is 2.40. The van der Waals surface area contributed by atoms with Gasteiger partial charge in [0.2, 0.25) is 0 Å². The molecule has 0 aliphatic heterocycles. The number of ether oxygens (including phenoxy) is 2. The number of hydrogen-bond acceptors (Lipinski definition) is 2. The smallest absolute Gasteiger partial charge is 0.265 e. The predicted octanol–water partition coefficient (Wildman–Crippen LogP) is 2.97. The lowest BCUT2D eigenvalue weighted by Crippen LogP contribution is -2.42. The molecule has 90 valence electrons. The highest BCUT2D eigenvalue weighted by molar-refractivity contribution is 5.74.